The van der Waals surface area contributed by atoms with Crippen LogP contribution in [0.15, 0.2) is 24.3 Å². The van der Waals surface area contributed by atoms with Crippen LogP contribution >= 0.6 is 0 Å². The van der Waals surface area contributed by atoms with Crippen LogP contribution in [0.25, 0.3) is 0 Å². The number of likely N-dealkylation sites (tertiary alicyclic amines) is 1. The van der Waals surface area contributed by atoms with E-state index in [4.69, 9.17) is 4.74 Å². The lowest BCUT2D eigenvalue weighted by Crippen LogP contribution is -2.62. The number of anilines is 1. The molecule has 3 aliphatic carbocycles. The zero-order chi connectivity index (χ0) is 22.0. The number of rotatable bonds is 3. The molecular formula is C27H40N2O2. The van der Waals surface area contributed by atoms with Gasteiger partial charge >= 0.3 is 0 Å². The quantitative estimate of drug-likeness (QED) is 0.688. The number of ether oxygens (including phenoxy) is 1. The van der Waals surface area contributed by atoms with Gasteiger partial charge in [0.05, 0.1) is 6.10 Å². The predicted octanol–water partition coefficient (Wildman–Crippen LogP) is 5.59. The number of hydrogen-bond donors (Lipinski definition) is 1. The second-order valence-corrected chi connectivity index (χ2v) is 11.7. The third-order valence-electron chi connectivity index (χ3n) is 10.1. The maximum absolute atomic E-state index is 12.5. The van der Waals surface area contributed by atoms with Crippen LogP contribution in [0.4, 0.5) is 5.69 Å². The molecule has 1 heterocycles. The van der Waals surface area contributed by atoms with Crippen LogP contribution in [-0.2, 0) is 4.79 Å². The summed E-state index contributed by atoms with van der Waals surface area (Å²) in [4.78, 5) is 14.6. The van der Waals surface area contributed by atoms with Crippen LogP contribution in [0.1, 0.15) is 65.7 Å². The number of carbonyl (C=O) groups excluding carboxylic acids is 1. The van der Waals surface area contributed by atoms with Gasteiger partial charge in [-0.1, -0.05) is 20.8 Å². The molecule has 170 valence electrons. The Labute approximate surface area is 188 Å². The fourth-order valence-electron chi connectivity index (χ4n) is 8.44. The topological polar surface area (TPSA) is 41.6 Å². The molecule has 1 aliphatic heterocycles. The minimum Gasteiger partial charge on any atom is -0.490 e. The molecule has 1 aromatic carbocycles. The van der Waals surface area contributed by atoms with Crippen molar-refractivity contribution >= 4 is 11.6 Å². The Balaban J connectivity index is 1.37. The van der Waals surface area contributed by atoms with Gasteiger partial charge in [0.2, 0.25) is 5.91 Å². The standard InChI is InChI=1S/C27H40N2O2/c1-17-14-23-27(3,13-11-24(30)29(23)5)21-10-12-26(2)16-20(15-22(26)25(17)21)31-19-8-6-18(28-4)7-9-19/h6-9,17,20-23,25,28H,10-16H2,1-5H3/t17?,20-,21?,22?,23?,25?,26+,27+/m0/s1. The summed E-state index contributed by atoms with van der Waals surface area (Å²) in [6, 6.07) is 8.82. The Morgan fingerprint density at radius 2 is 1.84 bits per heavy atom. The molecule has 31 heavy (non-hydrogen) atoms. The van der Waals surface area contributed by atoms with E-state index in [-0.39, 0.29) is 5.41 Å². The summed E-state index contributed by atoms with van der Waals surface area (Å²) in [5.41, 5.74) is 1.80. The van der Waals surface area contributed by atoms with Crippen molar-refractivity contribution in [2.24, 2.45) is 34.5 Å². The highest BCUT2D eigenvalue weighted by atomic mass is 16.5. The van der Waals surface area contributed by atoms with Gasteiger partial charge in [-0.25, -0.2) is 0 Å². The van der Waals surface area contributed by atoms with Crippen LogP contribution in [0.5, 0.6) is 5.75 Å². The fraction of sp³-hybridized carbons (Fsp3) is 0.741. The molecule has 4 nitrogen and oxygen atoms in total. The number of carbonyl (C=O) groups is 1. The molecule has 1 amide bonds. The van der Waals surface area contributed by atoms with Gasteiger partial charge < -0.3 is 15.0 Å². The van der Waals surface area contributed by atoms with Crippen LogP contribution in [0, 0.1) is 34.5 Å². The van der Waals surface area contributed by atoms with Gasteiger partial charge in [0, 0.05) is 32.2 Å². The van der Waals surface area contributed by atoms with Crippen molar-refractivity contribution in [3.63, 3.8) is 0 Å². The molecule has 0 bridgehead atoms. The van der Waals surface area contributed by atoms with Crippen molar-refractivity contribution in [3.05, 3.63) is 24.3 Å². The molecule has 8 atom stereocenters. The summed E-state index contributed by atoms with van der Waals surface area (Å²) in [6.07, 6.45) is 8.30. The van der Waals surface area contributed by atoms with E-state index < -0.39 is 0 Å². The second kappa shape index (κ2) is 7.42. The lowest BCUT2D eigenvalue weighted by atomic mass is 9.45. The predicted molar refractivity (Wildman–Crippen MR) is 125 cm³/mol. The Bertz CT molecular complexity index is 838. The maximum atomic E-state index is 12.5. The van der Waals surface area contributed by atoms with Crippen molar-refractivity contribution in [3.8, 4) is 5.75 Å². The van der Waals surface area contributed by atoms with Gasteiger partial charge in [0.25, 0.3) is 0 Å². The molecule has 0 spiro atoms. The Morgan fingerprint density at radius 3 is 2.55 bits per heavy atom. The summed E-state index contributed by atoms with van der Waals surface area (Å²) in [6.45, 7) is 7.53. The molecule has 1 N–H and O–H groups in total. The van der Waals surface area contributed by atoms with Crippen molar-refractivity contribution in [1.29, 1.82) is 0 Å². The molecule has 5 rings (SSSR count). The lowest BCUT2D eigenvalue weighted by molar-refractivity contribution is -0.164. The Morgan fingerprint density at radius 1 is 1.10 bits per heavy atom. The third kappa shape index (κ3) is 3.27. The van der Waals surface area contributed by atoms with Crippen molar-refractivity contribution < 1.29 is 9.53 Å². The average molecular weight is 425 g/mol. The van der Waals surface area contributed by atoms with E-state index in [2.05, 4.69) is 62.3 Å². The first kappa shape index (κ1) is 21.2. The summed E-state index contributed by atoms with van der Waals surface area (Å²) in [5.74, 6) is 4.27. The summed E-state index contributed by atoms with van der Waals surface area (Å²) in [5, 5.41) is 3.18. The smallest absolute Gasteiger partial charge is 0.222 e. The first-order chi connectivity index (χ1) is 14.7. The van der Waals surface area contributed by atoms with E-state index in [1.54, 1.807) is 0 Å². The number of nitrogens with one attached hydrogen (secondary N) is 1. The van der Waals surface area contributed by atoms with E-state index >= 15 is 0 Å². The average Bonchev–Trinajstić information content (AvgIpc) is 3.09. The summed E-state index contributed by atoms with van der Waals surface area (Å²) in [7, 11) is 4.01. The molecule has 5 unspecified atom stereocenters. The van der Waals surface area contributed by atoms with Gasteiger partial charge in [0.15, 0.2) is 0 Å². The van der Waals surface area contributed by atoms with Crippen molar-refractivity contribution in [2.75, 3.05) is 19.4 Å². The number of hydrogen-bond acceptors (Lipinski definition) is 3. The number of piperidine rings is 1. The zero-order valence-electron chi connectivity index (χ0n) is 20.0. The first-order valence-corrected chi connectivity index (χ1v) is 12.5. The van der Waals surface area contributed by atoms with Gasteiger partial charge in [-0.15, -0.1) is 0 Å². The molecule has 4 heteroatoms. The summed E-state index contributed by atoms with van der Waals surface area (Å²) < 4.78 is 6.53. The molecule has 0 radical (unpaired) electrons. The van der Waals surface area contributed by atoms with Gasteiger partial charge in [0.1, 0.15) is 5.75 Å². The fourth-order valence-corrected chi connectivity index (χ4v) is 8.44. The van der Waals surface area contributed by atoms with E-state index in [1.165, 1.54) is 32.1 Å². The van der Waals surface area contributed by atoms with E-state index in [0.29, 0.717) is 29.4 Å². The second-order valence-electron chi connectivity index (χ2n) is 11.7. The number of benzene rings is 1. The number of nitrogens with zero attached hydrogens (tertiary/aromatic N) is 1. The van der Waals surface area contributed by atoms with Crippen LogP contribution in [0.3, 0.4) is 0 Å². The first-order valence-electron chi connectivity index (χ1n) is 12.5. The Hall–Kier alpha value is -1.71. The molecule has 1 aromatic rings. The highest BCUT2D eigenvalue weighted by Gasteiger charge is 2.62. The highest BCUT2D eigenvalue weighted by molar-refractivity contribution is 5.77. The van der Waals surface area contributed by atoms with E-state index in [9.17, 15) is 4.79 Å². The minimum absolute atomic E-state index is 0.281. The summed E-state index contributed by atoms with van der Waals surface area (Å²) >= 11 is 0. The van der Waals surface area contributed by atoms with Gasteiger partial charge in [-0.05, 0) is 97.3 Å². The van der Waals surface area contributed by atoms with Crippen molar-refractivity contribution in [1.82, 2.24) is 4.90 Å². The lowest BCUT2D eigenvalue weighted by Gasteiger charge is -2.63. The maximum Gasteiger partial charge on any atom is 0.222 e. The molecular weight excluding hydrogens is 384 g/mol. The zero-order valence-corrected chi connectivity index (χ0v) is 20.0. The Kier molecular flexibility index (Phi) is 5.06. The van der Waals surface area contributed by atoms with Crippen molar-refractivity contribution in [2.45, 2.75) is 77.9 Å². The molecule has 3 saturated carbocycles. The normalized spacial score (nSPS) is 44.3. The number of amides is 1. The van der Waals surface area contributed by atoms with E-state index in [0.717, 1.165) is 42.0 Å². The SMILES string of the molecule is CNc1ccc(O[C@H]2CC3C4C(C)CC5N(C)C(=O)CC[C@]5(C)C4CC[C@]3(C)C2)cc1. The van der Waals surface area contributed by atoms with Gasteiger partial charge in [-0.2, -0.15) is 0 Å². The monoisotopic (exact) mass is 424 g/mol. The molecule has 4 aliphatic rings. The van der Waals surface area contributed by atoms with Crippen LogP contribution in [-0.4, -0.2) is 37.0 Å². The molecule has 4 fully saturated rings. The van der Waals surface area contributed by atoms with Crippen LogP contribution in [0.2, 0.25) is 0 Å². The molecule has 0 aromatic heterocycles. The highest BCUT2D eigenvalue weighted by Crippen LogP contribution is 2.66. The van der Waals surface area contributed by atoms with Crippen LogP contribution < -0.4 is 10.1 Å². The minimum atomic E-state index is 0.281. The van der Waals surface area contributed by atoms with Gasteiger partial charge in [-0.3, -0.25) is 4.79 Å². The largest absolute Gasteiger partial charge is 0.490 e. The number of fused-ring (bicyclic) bond motifs is 5. The van der Waals surface area contributed by atoms with E-state index in [1.807, 2.05) is 7.05 Å². The molecule has 1 saturated heterocycles. The third-order valence-corrected chi connectivity index (χ3v) is 10.1.